The lowest BCUT2D eigenvalue weighted by Crippen LogP contribution is -2.34. The highest BCUT2D eigenvalue weighted by molar-refractivity contribution is 6.00. The number of halogens is 3. The Hall–Kier alpha value is -2.29. The van der Waals surface area contributed by atoms with Crippen LogP contribution < -0.4 is 5.32 Å². The maximum Gasteiger partial charge on any atom is 0.416 e. The maximum atomic E-state index is 12.7. The summed E-state index contributed by atoms with van der Waals surface area (Å²) in [6, 6.07) is 4.65. The van der Waals surface area contributed by atoms with E-state index in [1.807, 2.05) is 0 Å². The Morgan fingerprint density at radius 1 is 1.14 bits per heavy atom. The molecule has 1 aromatic rings. The number of nitrogens with zero attached hydrogens (tertiary/aromatic N) is 1. The lowest BCUT2D eigenvalue weighted by Gasteiger charge is -2.19. The Bertz CT molecular complexity index is 638. The van der Waals surface area contributed by atoms with E-state index in [0.29, 0.717) is 30.5 Å². The minimum absolute atomic E-state index is 0.0148. The summed E-state index contributed by atoms with van der Waals surface area (Å²) in [5, 5.41) is 15.4. The molecule has 0 atom stereocenters. The highest BCUT2D eigenvalue weighted by Crippen LogP contribution is 2.29. The number of ether oxygens (including phenoxy) is 1. The Morgan fingerprint density at radius 3 is 2.32 bits per heavy atom. The van der Waals surface area contributed by atoms with E-state index in [1.165, 1.54) is 12.1 Å². The second-order valence-electron chi connectivity index (χ2n) is 7.06. The first-order chi connectivity index (χ1) is 13.0. The predicted molar refractivity (Wildman–Crippen MR) is 99.1 cm³/mol. The van der Waals surface area contributed by atoms with Crippen molar-refractivity contribution in [3.8, 4) is 0 Å². The number of hydrogen-bond donors (Lipinski definition) is 2. The van der Waals surface area contributed by atoms with E-state index in [1.54, 1.807) is 20.8 Å². The molecule has 0 fully saturated rings. The molecule has 158 valence electrons. The average molecular weight is 404 g/mol. The Balaban J connectivity index is 2.64. The number of aliphatic hydroxyl groups excluding tert-OH is 1. The Kier molecular flexibility index (Phi) is 9.24. The number of aliphatic hydroxyl groups is 1. The maximum absolute atomic E-state index is 12.7. The van der Waals surface area contributed by atoms with Gasteiger partial charge in [0.25, 0.3) is 0 Å². The molecule has 1 aromatic carbocycles. The van der Waals surface area contributed by atoms with Crippen LogP contribution in [0.2, 0.25) is 0 Å². The molecule has 0 bridgehead atoms. The van der Waals surface area contributed by atoms with Crippen LogP contribution in [0, 0.1) is 0 Å². The SMILES string of the molecule is CC(C)(C)OC(=O)NCCO/N=C(\CCCCO)c1ccc(C(F)(F)F)cc1. The molecule has 1 amide bonds. The van der Waals surface area contributed by atoms with Gasteiger partial charge in [-0.25, -0.2) is 4.79 Å². The molecule has 0 saturated heterocycles. The number of nitrogens with one attached hydrogen (secondary N) is 1. The first-order valence-electron chi connectivity index (χ1n) is 8.97. The second kappa shape index (κ2) is 10.9. The van der Waals surface area contributed by atoms with Crippen LogP contribution in [-0.4, -0.2) is 42.3 Å². The van der Waals surface area contributed by atoms with Gasteiger partial charge in [-0.2, -0.15) is 13.2 Å². The van der Waals surface area contributed by atoms with Gasteiger partial charge in [-0.3, -0.25) is 0 Å². The molecule has 0 spiro atoms. The third-order valence-corrected chi connectivity index (χ3v) is 3.40. The lowest BCUT2D eigenvalue weighted by molar-refractivity contribution is -0.137. The number of benzene rings is 1. The van der Waals surface area contributed by atoms with Gasteiger partial charge >= 0.3 is 12.3 Å². The van der Waals surface area contributed by atoms with E-state index in [0.717, 1.165) is 12.1 Å². The summed E-state index contributed by atoms with van der Waals surface area (Å²) in [5.41, 5.74) is -0.370. The van der Waals surface area contributed by atoms with Gasteiger partial charge in [0.1, 0.15) is 12.2 Å². The average Bonchev–Trinajstić information content (AvgIpc) is 2.58. The molecule has 0 radical (unpaired) electrons. The molecule has 1 rings (SSSR count). The van der Waals surface area contributed by atoms with Crippen LogP contribution in [0.15, 0.2) is 29.4 Å². The molecule has 9 heteroatoms. The van der Waals surface area contributed by atoms with Gasteiger partial charge in [-0.15, -0.1) is 0 Å². The van der Waals surface area contributed by atoms with Crippen molar-refractivity contribution in [3.63, 3.8) is 0 Å². The number of carbonyl (C=O) groups excluding carboxylic acids is 1. The molecule has 2 N–H and O–H groups in total. The zero-order valence-electron chi connectivity index (χ0n) is 16.3. The van der Waals surface area contributed by atoms with Crippen LogP contribution in [0.4, 0.5) is 18.0 Å². The van der Waals surface area contributed by atoms with E-state index in [-0.39, 0.29) is 19.8 Å². The summed E-state index contributed by atoms with van der Waals surface area (Å²) in [6.07, 6.45) is -3.40. The number of carbonyl (C=O) groups is 1. The molecule has 0 heterocycles. The second-order valence-corrected chi connectivity index (χ2v) is 7.06. The molecule has 0 aromatic heterocycles. The fourth-order valence-corrected chi connectivity index (χ4v) is 2.14. The molecule has 0 saturated carbocycles. The van der Waals surface area contributed by atoms with Crippen molar-refractivity contribution in [3.05, 3.63) is 35.4 Å². The first kappa shape index (κ1) is 23.7. The molecule has 0 aliphatic rings. The summed E-state index contributed by atoms with van der Waals surface area (Å²) < 4.78 is 43.2. The summed E-state index contributed by atoms with van der Waals surface area (Å²) >= 11 is 0. The smallest absolute Gasteiger partial charge is 0.416 e. The van der Waals surface area contributed by atoms with Crippen LogP contribution >= 0.6 is 0 Å². The quantitative estimate of drug-likeness (QED) is 0.369. The molecular formula is C19H27F3N2O4. The molecule has 0 unspecified atom stereocenters. The lowest BCUT2D eigenvalue weighted by atomic mass is 10.0. The van der Waals surface area contributed by atoms with Crippen molar-refractivity contribution < 1.29 is 32.6 Å². The molecule has 28 heavy (non-hydrogen) atoms. The minimum Gasteiger partial charge on any atom is -0.444 e. The van der Waals surface area contributed by atoms with Crippen molar-refractivity contribution in [2.75, 3.05) is 19.8 Å². The van der Waals surface area contributed by atoms with Crippen LogP contribution in [0.25, 0.3) is 0 Å². The highest BCUT2D eigenvalue weighted by atomic mass is 19.4. The van der Waals surface area contributed by atoms with E-state index < -0.39 is 23.4 Å². The number of oxime groups is 1. The molecule has 6 nitrogen and oxygen atoms in total. The van der Waals surface area contributed by atoms with Crippen molar-refractivity contribution in [2.24, 2.45) is 5.16 Å². The van der Waals surface area contributed by atoms with Crippen molar-refractivity contribution in [1.29, 1.82) is 0 Å². The number of alkyl halides is 3. The van der Waals surface area contributed by atoms with Gasteiger partial charge in [-0.05, 0) is 57.7 Å². The van der Waals surface area contributed by atoms with Crippen LogP contribution in [-0.2, 0) is 15.8 Å². The summed E-state index contributed by atoms with van der Waals surface area (Å²) in [7, 11) is 0. The third-order valence-electron chi connectivity index (χ3n) is 3.40. The molecule has 0 aliphatic carbocycles. The standard InChI is InChI=1S/C19H27F3N2O4/c1-18(2,3)28-17(26)23-11-13-27-24-16(6-4-5-12-25)14-7-9-15(10-8-14)19(20,21)22/h7-10,25H,4-6,11-13H2,1-3H3,(H,23,26)/b24-16+. The first-order valence-corrected chi connectivity index (χ1v) is 8.97. The normalized spacial score (nSPS) is 12.6. The molecular weight excluding hydrogens is 377 g/mol. The van der Waals surface area contributed by atoms with Gasteiger partial charge < -0.3 is 20.0 Å². The van der Waals surface area contributed by atoms with Crippen LogP contribution in [0.5, 0.6) is 0 Å². The van der Waals surface area contributed by atoms with Crippen LogP contribution in [0.1, 0.15) is 51.2 Å². The summed E-state index contributed by atoms with van der Waals surface area (Å²) in [5.74, 6) is 0. The largest absolute Gasteiger partial charge is 0.444 e. The number of hydrogen-bond acceptors (Lipinski definition) is 5. The van der Waals surface area contributed by atoms with Gasteiger partial charge in [0.2, 0.25) is 0 Å². The number of amides is 1. The van der Waals surface area contributed by atoms with Gasteiger partial charge in [0.05, 0.1) is 17.8 Å². The topological polar surface area (TPSA) is 80.2 Å². The van der Waals surface area contributed by atoms with E-state index in [2.05, 4.69) is 10.5 Å². The zero-order valence-corrected chi connectivity index (χ0v) is 16.3. The van der Waals surface area contributed by atoms with Gasteiger partial charge in [-0.1, -0.05) is 17.3 Å². The van der Waals surface area contributed by atoms with E-state index in [4.69, 9.17) is 14.7 Å². The summed E-state index contributed by atoms with van der Waals surface area (Å²) in [6.45, 7) is 5.49. The Labute approximate surface area is 162 Å². The predicted octanol–water partition coefficient (Wildman–Crippen LogP) is 4.11. The van der Waals surface area contributed by atoms with E-state index in [9.17, 15) is 18.0 Å². The highest BCUT2D eigenvalue weighted by Gasteiger charge is 2.30. The fraction of sp³-hybridized carbons (Fsp3) is 0.579. The number of alkyl carbamates (subject to hydrolysis) is 1. The Morgan fingerprint density at radius 2 is 1.79 bits per heavy atom. The van der Waals surface area contributed by atoms with Gasteiger partial charge in [0, 0.05) is 6.61 Å². The fourth-order valence-electron chi connectivity index (χ4n) is 2.14. The minimum atomic E-state index is -4.41. The monoisotopic (exact) mass is 404 g/mol. The summed E-state index contributed by atoms with van der Waals surface area (Å²) in [4.78, 5) is 16.7. The van der Waals surface area contributed by atoms with Crippen molar-refractivity contribution in [2.45, 2.75) is 51.8 Å². The third kappa shape index (κ3) is 9.59. The zero-order chi connectivity index (χ0) is 21.2. The van der Waals surface area contributed by atoms with Crippen molar-refractivity contribution in [1.82, 2.24) is 5.32 Å². The molecule has 0 aliphatic heterocycles. The number of unbranched alkanes of at least 4 members (excludes halogenated alkanes) is 1. The number of rotatable bonds is 9. The van der Waals surface area contributed by atoms with Crippen LogP contribution in [0.3, 0.4) is 0 Å². The van der Waals surface area contributed by atoms with E-state index >= 15 is 0 Å². The van der Waals surface area contributed by atoms with Crippen molar-refractivity contribution >= 4 is 11.8 Å². The van der Waals surface area contributed by atoms with Gasteiger partial charge in [0.15, 0.2) is 0 Å².